The zero-order valence-corrected chi connectivity index (χ0v) is 11.2. The molecule has 19 heavy (non-hydrogen) atoms. The Balaban J connectivity index is 2.28. The Morgan fingerprint density at radius 3 is 2.84 bits per heavy atom. The van der Waals surface area contributed by atoms with E-state index in [1.807, 2.05) is 6.92 Å². The van der Waals surface area contributed by atoms with E-state index in [1.54, 1.807) is 4.90 Å². The summed E-state index contributed by atoms with van der Waals surface area (Å²) in [6.45, 7) is 2.66. The molecule has 1 fully saturated rings. The van der Waals surface area contributed by atoms with E-state index in [4.69, 9.17) is 0 Å². The smallest absolute Gasteiger partial charge is 0.257 e. The maximum Gasteiger partial charge on any atom is 0.257 e. The average molecular weight is 267 g/mol. The standard InChI is InChI=1S/C15H19F2NO/c1-2-11-7-4-3-5-10-18(11)15(19)12-8-6-9-13(16)14(12)17/h6,8-9,11H,2-5,7,10H2,1H3. The van der Waals surface area contributed by atoms with Crippen LogP contribution in [0.3, 0.4) is 0 Å². The minimum atomic E-state index is -1.04. The van der Waals surface area contributed by atoms with Gasteiger partial charge in [-0.2, -0.15) is 0 Å². The van der Waals surface area contributed by atoms with Gasteiger partial charge in [0.1, 0.15) is 0 Å². The highest BCUT2D eigenvalue weighted by molar-refractivity contribution is 5.94. The lowest BCUT2D eigenvalue weighted by Gasteiger charge is -2.29. The molecule has 1 aromatic rings. The van der Waals surface area contributed by atoms with Gasteiger partial charge in [0.2, 0.25) is 0 Å². The Morgan fingerprint density at radius 1 is 1.32 bits per heavy atom. The van der Waals surface area contributed by atoms with Gasteiger partial charge in [-0.05, 0) is 31.4 Å². The molecule has 0 radical (unpaired) electrons. The summed E-state index contributed by atoms with van der Waals surface area (Å²) in [6.07, 6.45) is 4.90. The molecule has 0 aliphatic carbocycles. The van der Waals surface area contributed by atoms with Crippen LogP contribution < -0.4 is 0 Å². The maximum atomic E-state index is 13.7. The first-order valence-corrected chi connectivity index (χ1v) is 6.90. The highest BCUT2D eigenvalue weighted by Gasteiger charge is 2.27. The first-order valence-electron chi connectivity index (χ1n) is 6.90. The molecular weight excluding hydrogens is 248 g/mol. The molecule has 1 heterocycles. The Morgan fingerprint density at radius 2 is 2.11 bits per heavy atom. The molecule has 0 spiro atoms. The highest BCUT2D eigenvalue weighted by atomic mass is 19.2. The first-order chi connectivity index (χ1) is 9.15. The second-order valence-electron chi connectivity index (χ2n) is 5.01. The van der Waals surface area contributed by atoms with Crippen molar-refractivity contribution in [2.45, 2.75) is 45.1 Å². The lowest BCUT2D eigenvalue weighted by Crippen LogP contribution is -2.40. The van der Waals surface area contributed by atoms with E-state index >= 15 is 0 Å². The van der Waals surface area contributed by atoms with Crippen LogP contribution >= 0.6 is 0 Å². The number of carbonyl (C=O) groups excluding carboxylic acids is 1. The highest BCUT2D eigenvalue weighted by Crippen LogP contribution is 2.23. The summed E-state index contributed by atoms with van der Waals surface area (Å²) in [5, 5.41) is 0. The second kappa shape index (κ2) is 6.13. The summed E-state index contributed by atoms with van der Waals surface area (Å²) < 4.78 is 26.9. The Labute approximate surface area is 112 Å². The van der Waals surface area contributed by atoms with Gasteiger partial charge >= 0.3 is 0 Å². The van der Waals surface area contributed by atoms with Crippen molar-refractivity contribution < 1.29 is 13.6 Å². The number of hydrogen-bond acceptors (Lipinski definition) is 1. The van der Waals surface area contributed by atoms with Crippen molar-refractivity contribution in [2.75, 3.05) is 6.54 Å². The third-order valence-corrected chi connectivity index (χ3v) is 3.79. The van der Waals surface area contributed by atoms with E-state index in [0.717, 1.165) is 38.2 Å². The average Bonchev–Trinajstić information content (AvgIpc) is 2.66. The summed E-state index contributed by atoms with van der Waals surface area (Å²) in [5.74, 6) is -2.38. The van der Waals surface area contributed by atoms with Crippen LogP contribution in [0.25, 0.3) is 0 Å². The number of nitrogens with zero attached hydrogens (tertiary/aromatic N) is 1. The molecule has 4 heteroatoms. The summed E-state index contributed by atoms with van der Waals surface area (Å²) in [4.78, 5) is 14.1. The number of likely N-dealkylation sites (tertiary alicyclic amines) is 1. The van der Waals surface area contributed by atoms with Gasteiger partial charge in [0.15, 0.2) is 11.6 Å². The monoisotopic (exact) mass is 267 g/mol. The molecule has 0 aromatic heterocycles. The maximum absolute atomic E-state index is 13.7. The number of carbonyl (C=O) groups is 1. The molecule has 2 nitrogen and oxygen atoms in total. The lowest BCUT2D eigenvalue weighted by atomic mass is 10.1. The van der Waals surface area contributed by atoms with Crippen LogP contribution in [0, 0.1) is 11.6 Å². The largest absolute Gasteiger partial charge is 0.336 e. The third kappa shape index (κ3) is 2.94. The van der Waals surface area contributed by atoms with Gasteiger partial charge in [0.05, 0.1) is 5.56 Å². The molecule has 104 valence electrons. The van der Waals surface area contributed by atoms with Crippen LogP contribution in [-0.4, -0.2) is 23.4 Å². The van der Waals surface area contributed by atoms with Crippen molar-refractivity contribution in [3.05, 3.63) is 35.4 Å². The molecule has 1 aromatic carbocycles. The van der Waals surface area contributed by atoms with Gasteiger partial charge in [-0.15, -0.1) is 0 Å². The molecular formula is C15H19F2NO. The van der Waals surface area contributed by atoms with Crippen molar-refractivity contribution in [3.8, 4) is 0 Å². The molecule has 1 saturated heterocycles. The molecule has 1 aliphatic heterocycles. The van der Waals surface area contributed by atoms with Crippen molar-refractivity contribution in [1.29, 1.82) is 0 Å². The van der Waals surface area contributed by atoms with Gasteiger partial charge in [0, 0.05) is 12.6 Å². The molecule has 1 atom stereocenters. The van der Waals surface area contributed by atoms with E-state index in [1.165, 1.54) is 12.1 Å². The quantitative estimate of drug-likeness (QED) is 0.799. The van der Waals surface area contributed by atoms with E-state index in [-0.39, 0.29) is 17.5 Å². The molecule has 2 rings (SSSR count). The lowest BCUT2D eigenvalue weighted by molar-refractivity contribution is 0.0672. The number of amides is 1. The predicted octanol–water partition coefficient (Wildman–Crippen LogP) is 3.76. The predicted molar refractivity (Wildman–Crippen MR) is 69.9 cm³/mol. The minimum absolute atomic E-state index is 0.137. The number of hydrogen-bond donors (Lipinski definition) is 0. The van der Waals surface area contributed by atoms with Crippen LogP contribution in [0.1, 0.15) is 49.4 Å². The topological polar surface area (TPSA) is 20.3 Å². The normalized spacial score (nSPS) is 20.2. The van der Waals surface area contributed by atoms with Gasteiger partial charge in [-0.1, -0.05) is 25.8 Å². The summed E-state index contributed by atoms with van der Waals surface area (Å²) in [7, 11) is 0. The van der Waals surface area contributed by atoms with E-state index < -0.39 is 11.6 Å². The Kier molecular flexibility index (Phi) is 4.51. The van der Waals surface area contributed by atoms with Gasteiger partial charge in [-0.3, -0.25) is 4.79 Å². The van der Waals surface area contributed by atoms with Crippen LogP contribution in [0.2, 0.25) is 0 Å². The van der Waals surface area contributed by atoms with E-state index in [2.05, 4.69) is 0 Å². The SMILES string of the molecule is CCC1CCCCCN1C(=O)c1cccc(F)c1F. The summed E-state index contributed by atoms with van der Waals surface area (Å²) >= 11 is 0. The number of rotatable bonds is 2. The van der Waals surface area contributed by atoms with Gasteiger partial charge in [0.25, 0.3) is 5.91 Å². The van der Waals surface area contributed by atoms with Gasteiger partial charge in [-0.25, -0.2) is 8.78 Å². The van der Waals surface area contributed by atoms with Crippen LogP contribution in [-0.2, 0) is 0 Å². The van der Waals surface area contributed by atoms with Crippen LogP contribution in [0.4, 0.5) is 8.78 Å². The van der Waals surface area contributed by atoms with E-state index in [0.29, 0.717) is 6.54 Å². The molecule has 0 bridgehead atoms. The molecule has 1 aliphatic rings. The fraction of sp³-hybridized carbons (Fsp3) is 0.533. The molecule has 0 saturated carbocycles. The van der Waals surface area contributed by atoms with Gasteiger partial charge < -0.3 is 4.90 Å². The summed E-state index contributed by atoms with van der Waals surface area (Å²) in [6, 6.07) is 3.91. The minimum Gasteiger partial charge on any atom is -0.336 e. The number of benzene rings is 1. The third-order valence-electron chi connectivity index (χ3n) is 3.79. The Hall–Kier alpha value is -1.45. The van der Waals surface area contributed by atoms with Crippen molar-refractivity contribution >= 4 is 5.91 Å². The van der Waals surface area contributed by atoms with Crippen molar-refractivity contribution in [2.24, 2.45) is 0 Å². The Bertz CT molecular complexity index is 461. The second-order valence-corrected chi connectivity index (χ2v) is 5.01. The summed E-state index contributed by atoms with van der Waals surface area (Å²) in [5.41, 5.74) is -0.152. The van der Waals surface area contributed by atoms with E-state index in [9.17, 15) is 13.6 Å². The van der Waals surface area contributed by atoms with Crippen molar-refractivity contribution in [1.82, 2.24) is 4.90 Å². The molecule has 1 unspecified atom stereocenters. The fourth-order valence-corrected chi connectivity index (χ4v) is 2.69. The van der Waals surface area contributed by atoms with Crippen LogP contribution in [0.5, 0.6) is 0 Å². The molecule has 1 amide bonds. The zero-order valence-electron chi connectivity index (χ0n) is 11.2. The number of halogens is 2. The van der Waals surface area contributed by atoms with Crippen LogP contribution in [0.15, 0.2) is 18.2 Å². The molecule has 0 N–H and O–H groups in total. The van der Waals surface area contributed by atoms with Crippen molar-refractivity contribution in [3.63, 3.8) is 0 Å². The fourth-order valence-electron chi connectivity index (χ4n) is 2.69. The zero-order chi connectivity index (χ0) is 13.8. The first kappa shape index (κ1) is 14.0.